The minimum Gasteiger partial charge on any atom is -0.352 e. The number of aryl methyl sites for hydroxylation is 4. The number of aromatic amines is 2. The first kappa shape index (κ1) is 44.5. The first-order valence-corrected chi connectivity index (χ1v) is 20.4. The molecule has 0 spiro atoms. The molecule has 12 nitrogen and oxygen atoms in total. The number of hydrogen-bond acceptors (Lipinski definition) is 6. The molecule has 6 N–H and O–H groups in total. The fraction of sp³-hybridized carbons (Fsp3) is 0.333. The Morgan fingerprint density at radius 2 is 0.717 bits per heavy atom. The second-order valence-corrected chi connectivity index (χ2v) is 15.6. The molecule has 0 aromatic carbocycles. The summed E-state index contributed by atoms with van der Waals surface area (Å²) in [4.78, 5) is 72.7. The van der Waals surface area contributed by atoms with Gasteiger partial charge in [-0.3, -0.25) is 19.2 Å². The van der Waals surface area contributed by atoms with E-state index in [4.69, 9.17) is 9.97 Å². The van der Waals surface area contributed by atoms with Crippen LogP contribution in [0.15, 0.2) is 48.6 Å². The van der Waals surface area contributed by atoms with Gasteiger partial charge in [-0.15, -0.1) is 0 Å². The van der Waals surface area contributed by atoms with Crippen LogP contribution in [-0.4, -0.2) is 43.6 Å². The molecule has 0 radical (unpaired) electrons. The van der Waals surface area contributed by atoms with Crippen LogP contribution in [0, 0.1) is 13.8 Å². The molecule has 0 unspecified atom stereocenters. The number of carbonyl (C=O) groups excluding carboxylic acids is 4. The second-order valence-electron chi connectivity index (χ2n) is 15.6. The van der Waals surface area contributed by atoms with E-state index in [0.29, 0.717) is 116 Å². The van der Waals surface area contributed by atoms with Crippen molar-refractivity contribution in [2.24, 2.45) is 0 Å². The number of nitrogens with one attached hydrogen (secondary N) is 6. The molecular formula is C48H58N8O4. The Morgan fingerprint density at radius 3 is 0.950 bits per heavy atom. The summed E-state index contributed by atoms with van der Waals surface area (Å²) in [7, 11) is 0. The summed E-state index contributed by atoms with van der Waals surface area (Å²) >= 11 is 0. The molecule has 2 aliphatic rings. The summed E-state index contributed by atoms with van der Waals surface area (Å²) < 4.78 is 0. The van der Waals surface area contributed by atoms with E-state index in [0.717, 1.165) is 44.5 Å². The summed E-state index contributed by atoms with van der Waals surface area (Å²) in [6, 6.07) is 0. The Labute approximate surface area is 352 Å². The molecule has 5 heterocycles. The highest BCUT2D eigenvalue weighted by Crippen LogP contribution is 2.46. The SMILES string of the molecule is C=C(C)C(=O)Nc1c2nc(c(NC(=O)C(=C)C)c3[nH]c(c(C)c3CC)c(NC(=O)C(=C)C)c3nc(c(NC(=O)C(=C)C)c4[nH]c1c(C)c4CC)C(C)=C3CC)C(C)=C2CC. The van der Waals surface area contributed by atoms with Crippen LogP contribution in [0.2, 0.25) is 0 Å². The number of allylic oxidation sites excluding steroid dienone is 4. The minimum absolute atomic E-state index is 0.294. The molecule has 60 heavy (non-hydrogen) atoms. The average Bonchev–Trinajstić information content (AvgIpc) is 3.91. The van der Waals surface area contributed by atoms with Crippen molar-refractivity contribution in [3.05, 3.63) is 93.6 Å². The topological polar surface area (TPSA) is 174 Å². The van der Waals surface area contributed by atoms with E-state index in [2.05, 4.69) is 57.6 Å². The zero-order valence-electron chi connectivity index (χ0n) is 37.2. The summed E-state index contributed by atoms with van der Waals surface area (Å²) in [5.74, 6) is -1.61. The van der Waals surface area contributed by atoms with Crippen molar-refractivity contribution in [1.82, 2.24) is 19.9 Å². The number of fused-ring (bicyclic) bond motifs is 8. The quantitative estimate of drug-likeness (QED) is 0.0993. The predicted molar refractivity (Wildman–Crippen MR) is 249 cm³/mol. The normalized spacial score (nSPS) is 12.3. The van der Waals surface area contributed by atoms with Crippen molar-refractivity contribution >= 4 is 90.7 Å². The van der Waals surface area contributed by atoms with Crippen molar-refractivity contribution in [3.8, 4) is 0 Å². The number of nitrogens with zero attached hydrogens (tertiary/aromatic N) is 2. The molecule has 0 atom stereocenters. The fourth-order valence-electron chi connectivity index (χ4n) is 7.85. The van der Waals surface area contributed by atoms with Crippen LogP contribution < -0.4 is 21.3 Å². The number of carbonyl (C=O) groups is 4. The number of anilines is 4. The van der Waals surface area contributed by atoms with Crippen LogP contribution in [0.1, 0.15) is 127 Å². The average molecular weight is 811 g/mol. The molecule has 3 aromatic heterocycles. The van der Waals surface area contributed by atoms with E-state index in [-0.39, 0.29) is 0 Å². The predicted octanol–water partition coefficient (Wildman–Crippen LogP) is 10.8. The van der Waals surface area contributed by atoms with Gasteiger partial charge in [0.15, 0.2) is 0 Å². The monoisotopic (exact) mass is 810 g/mol. The third kappa shape index (κ3) is 7.81. The maximum absolute atomic E-state index is 13.7. The van der Waals surface area contributed by atoms with E-state index in [1.165, 1.54) is 0 Å². The molecule has 12 heteroatoms. The second kappa shape index (κ2) is 17.3. The maximum Gasteiger partial charge on any atom is 0.250 e. The Kier molecular flexibility index (Phi) is 12.9. The van der Waals surface area contributed by atoms with Gasteiger partial charge in [-0.2, -0.15) is 0 Å². The van der Waals surface area contributed by atoms with Crippen LogP contribution in [0.3, 0.4) is 0 Å². The summed E-state index contributed by atoms with van der Waals surface area (Å²) in [5.41, 5.74) is 13.8. The largest absolute Gasteiger partial charge is 0.352 e. The van der Waals surface area contributed by atoms with Gasteiger partial charge in [0.2, 0.25) is 0 Å². The number of amides is 4. The first-order chi connectivity index (χ1) is 28.2. The molecule has 4 amide bonds. The van der Waals surface area contributed by atoms with E-state index in [9.17, 15) is 19.2 Å². The van der Waals surface area contributed by atoms with E-state index in [1.54, 1.807) is 27.7 Å². The fourth-order valence-corrected chi connectivity index (χ4v) is 7.85. The van der Waals surface area contributed by atoms with Crippen LogP contribution in [0.4, 0.5) is 22.7 Å². The number of H-pyrrole nitrogens is 2. The summed E-state index contributed by atoms with van der Waals surface area (Å²) in [6.45, 7) is 38.1. The minimum atomic E-state index is -0.402. The molecular weight excluding hydrogens is 753 g/mol. The van der Waals surface area contributed by atoms with Gasteiger partial charge in [0.25, 0.3) is 23.6 Å². The summed E-state index contributed by atoms with van der Waals surface area (Å²) in [5, 5.41) is 12.5. The molecule has 0 saturated carbocycles. The molecule has 0 saturated heterocycles. The highest BCUT2D eigenvalue weighted by molar-refractivity contribution is 6.16. The molecule has 3 aromatic rings. The van der Waals surface area contributed by atoms with Gasteiger partial charge in [0, 0.05) is 22.3 Å². The van der Waals surface area contributed by atoms with Crippen LogP contribution >= 0.6 is 0 Å². The Bertz CT molecular complexity index is 2530. The molecule has 2 aliphatic heterocycles. The van der Waals surface area contributed by atoms with Gasteiger partial charge in [-0.05, 0) is 126 Å². The van der Waals surface area contributed by atoms with E-state index in [1.807, 2.05) is 55.4 Å². The molecule has 314 valence electrons. The van der Waals surface area contributed by atoms with Crippen molar-refractivity contribution in [2.45, 2.75) is 109 Å². The lowest BCUT2D eigenvalue weighted by atomic mass is 9.99. The van der Waals surface area contributed by atoms with Gasteiger partial charge in [-0.1, -0.05) is 54.0 Å². The van der Waals surface area contributed by atoms with Crippen LogP contribution in [0.5, 0.6) is 0 Å². The zero-order chi connectivity index (χ0) is 44.7. The Morgan fingerprint density at radius 1 is 0.450 bits per heavy atom. The third-order valence-corrected chi connectivity index (χ3v) is 11.3. The van der Waals surface area contributed by atoms with Crippen molar-refractivity contribution in [3.63, 3.8) is 0 Å². The Hall–Kier alpha value is -6.56. The lowest BCUT2D eigenvalue weighted by molar-refractivity contribution is -0.113. The summed E-state index contributed by atoms with van der Waals surface area (Å²) in [6.07, 6.45) is 2.14. The van der Waals surface area contributed by atoms with Crippen LogP contribution in [0.25, 0.3) is 44.4 Å². The Balaban J connectivity index is 2.29. The molecule has 5 rings (SSSR count). The molecule has 0 aliphatic carbocycles. The zero-order valence-corrected chi connectivity index (χ0v) is 37.2. The lowest BCUT2D eigenvalue weighted by Gasteiger charge is -2.11. The smallest absolute Gasteiger partial charge is 0.250 e. The maximum atomic E-state index is 13.7. The van der Waals surface area contributed by atoms with Gasteiger partial charge in [0.1, 0.15) is 0 Å². The van der Waals surface area contributed by atoms with Crippen molar-refractivity contribution in [1.29, 1.82) is 0 Å². The lowest BCUT2D eigenvalue weighted by Crippen LogP contribution is -2.14. The van der Waals surface area contributed by atoms with Crippen LogP contribution in [-0.2, 0) is 32.0 Å². The highest BCUT2D eigenvalue weighted by atomic mass is 16.2. The van der Waals surface area contributed by atoms with Crippen molar-refractivity contribution < 1.29 is 19.2 Å². The molecule has 0 fully saturated rings. The van der Waals surface area contributed by atoms with Gasteiger partial charge < -0.3 is 31.2 Å². The number of aromatic nitrogens is 4. The standard InChI is InChI=1S/C48H58N8O4/c1-17-29-25(13)33-42(54-46(58)22(7)8)38-31(19-3)27(15)35(51-38)44(56-48(60)24(11)12)40-32(20-4)28(16)36(52-40)43(55-47(59)23(9)10)39-30(18-2)26(14)34(50-39)41(37(29)49-33)53-45(57)21(5)6/h49,52H,5,7,9,11,17-20H2,1-4,6,8,10,12-16H3,(H,53,57)(H,54,58)(H,55,59)(H,56,60). The van der Waals surface area contributed by atoms with Gasteiger partial charge >= 0.3 is 0 Å². The van der Waals surface area contributed by atoms with Gasteiger partial charge in [-0.25, -0.2) is 9.97 Å². The molecule has 8 bridgehead atoms. The third-order valence-electron chi connectivity index (χ3n) is 11.3. The van der Waals surface area contributed by atoms with E-state index >= 15 is 0 Å². The highest BCUT2D eigenvalue weighted by Gasteiger charge is 2.30. The van der Waals surface area contributed by atoms with E-state index < -0.39 is 23.6 Å². The number of rotatable bonds is 12. The first-order valence-electron chi connectivity index (χ1n) is 20.4. The number of hydrogen-bond donors (Lipinski definition) is 6. The van der Waals surface area contributed by atoms with Gasteiger partial charge in [0.05, 0.1) is 67.6 Å². The van der Waals surface area contributed by atoms with Crippen molar-refractivity contribution in [2.75, 3.05) is 21.3 Å².